The molecule has 2 aromatic rings. The molecule has 4 heteroatoms. The molecule has 0 unspecified atom stereocenters. The molecule has 0 bridgehead atoms. The molecule has 1 aromatic carbocycles. The van der Waals surface area contributed by atoms with E-state index < -0.39 is 0 Å². The first-order chi connectivity index (χ1) is 8.69. The van der Waals surface area contributed by atoms with E-state index in [0.717, 1.165) is 36.2 Å². The van der Waals surface area contributed by atoms with Gasteiger partial charge >= 0.3 is 0 Å². The standard InChI is InChI=1S/C14H15ClN2O/c1-3-11-8-12(4-2)17(16-11)14-6-5-10(9-18)7-13(14)15/h5-9H,3-4H2,1-2H3. The lowest BCUT2D eigenvalue weighted by molar-refractivity contribution is 0.112. The van der Waals surface area contributed by atoms with Crippen molar-refractivity contribution in [2.75, 3.05) is 0 Å². The minimum atomic E-state index is 0.542. The van der Waals surface area contributed by atoms with Gasteiger partial charge < -0.3 is 0 Å². The molecule has 0 saturated heterocycles. The fourth-order valence-electron chi connectivity index (χ4n) is 1.88. The summed E-state index contributed by atoms with van der Waals surface area (Å²) in [6.45, 7) is 4.16. The molecule has 0 amide bonds. The van der Waals surface area contributed by atoms with Gasteiger partial charge in [0.25, 0.3) is 0 Å². The second-order valence-electron chi connectivity index (χ2n) is 4.07. The summed E-state index contributed by atoms with van der Waals surface area (Å²) in [5.41, 5.74) is 3.55. The number of nitrogens with zero attached hydrogens (tertiary/aromatic N) is 2. The van der Waals surface area contributed by atoms with E-state index in [4.69, 9.17) is 11.6 Å². The summed E-state index contributed by atoms with van der Waals surface area (Å²) < 4.78 is 1.86. The smallest absolute Gasteiger partial charge is 0.150 e. The molecule has 0 aliphatic rings. The van der Waals surface area contributed by atoms with Gasteiger partial charge in [-0.2, -0.15) is 5.10 Å². The van der Waals surface area contributed by atoms with Crippen molar-refractivity contribution in [3.8, 4) is 5.69 Å². The average Bonchev–Trinajstić information content (AvgIpc) is 2.81. The molecule has 1 aromatic heterocycles. The maximum absolute atomic E-state index is 10.7. The zero-order valence-corrected chi connectivity index (χ0v) is 11.2. The van der Waals surface area contributed by atoms with Gasteiger partial charge in [0.15, 0.2) is 0 Å². The van der Waals surface area contributed by atoms with Crippen molar-refractivity contribution in [2.24, 2.45) is 0 Å². The fourth-order valence-corrected chi connectivity index (χ4v) is 2.15. The molecular formula is C14H15ClN2O. The van der Waals surface area contributed by atoms with Gasteiger partial charge in [0.1, 0.15) is 6.29 Å². The van der Waals surface area contributed by atoms with Crippen molar-refractivity contribution in [3.05, 3.63) is 46.2 Å². The number of aldehydes is 1. The number of carbonyl (C=O) groups is 1. The van der Waals surface area contributed by atoms with Crippen molar-refractivity contribution in [3.63, 3.8) is 0 Å². The Morgan fingerprint density at radius 2 is 2.06 bits per heavy atom. The van der Waals surface area contributed by atoms with Gasteiger partial charge in [0.05, 0.1) is 16.4 Å². The van der Waals surface area contributed by atoms with Gasteiger partial charge in [0, 0.05) is 11.3 Å². The number of hydrogen-bond acceptors (Lipinski definition) is 2. The van der Waals surface area contributed by atoms with Crippen LogP contribution in [0.5, 0.6) is 0 Å². The summed E-state index contributed by atoms with van der Waals surface area (Å²) in [5, 5.41) is 5.07. The largest absolute Gasteiger partial charge is 0.298 e. The third-order valence-electron chi connectivity index (χ3n) is 2.89. The predicted octanol–water partition coefficient (Wildman–Crippen LogP) is 3.46. The number of benzene rings is 1. The lowest BCUT2D eigenvalue weighted by atomic mass is 10.2. The summed E-state index contributed by atoms with van der Waals surface area (Å²) in [5.74, 6) is 0. The summed E-state index contributed by atoms with van der Waals surface area (Å²) in [6.07, 6.45) is 2.57. The van der Waals surface area contributed by atoms with Crippen LogP contribution in [0.4, 0.5) is 0 Å². The Kier molecular flexibility index (Phi) is 3.82. The lowest BCUT2D eigenvalue weighted by Gasteiger charge is -2.08. The minimum Gasteiger partial charge on any atom is -0.298 e. The van der Waals surface area contributed by atoms with Gasteiger partial charge in [-0.15, -0.1) is 0 Å². The Hall–Kier alpha value is -1.61. The second kappa shape index (κ2) is 5.36. The van der Waals surface area contributed by atoms with E-state index in [1.165, 1.54) is 0 Å². The first-order valence-electron chi connectivity index (χ1n) is 6.02. The van der Waals surface area contributed by atoms with E-state index >= 15 is 0 Å². The van der Waals surface area contributed by atoms with Gasteiger partial charge in [-0.3, -0.25) is 4.79 Å². The summed E-state index contributed by atoms with van der Waals surface area (Å²) in [7, 11) is 0. The molecule has 1 heterocycles. The molecule has 0 aliphatic heterocycles. The highest BCUT2D eigenvalue weighted by atomic mass is 35.5. The van der Waals surface area contributed by atoms with E-state index in [1.54, 1.807) is 12.1 Å². The van der Waals surface area contributed by atoms with Crippen LogP contribution in [0.15, 0.2) is 24.3 Å². The van der Waals surface area contributed by atoms with E-state index in [9.17, 15) is 4.79 Å². The Bertz CT molecular complexity index is 575. The number of rotatable bonds is 4. The molecule has 0 atom stereocenters. The number of carbonyl (C=O) groups excluding carboxylic acids is 1. The van der Waals surface area contributed by atoms with E-state index in [1.807, 2.05) is 10.7 Å². The van der Waals surface area contributed by atoms with Gasteiger partial charge in [-0.25, -0.2) is 4.68 Å². The Morgan fingerprint density at radius 3 is 2.61 bits per heavy atom. The monoisotopic (exact) mass is 262 g/mol. The highest BCUT2D eigenvalue weighted by Gasteiger charge is 2.10. The molecule has 94 valence electrons. The van der Waals surface area contributed by atoms with Crippen LogP contribution in [0.1, 0.15) is 35.6 Å². The molecular weight excluding hydrogens is 248 g/mol. The van der Waals surface area contributed by atoms with Gasteiger partial charge in [-0.1, -0.05) is 25.4 Å². The van der Waals surface area contributed by atoms with Crippen LogP contribution < -0.4 is 0 Å². The summed E-state index contributed by atoms with van der Waals surface area (Å²) in [4.78, 5) is 10.7. The number of aryl methyl sites for hydroxylation is 2. The third-order valence-corrected chi connectivity index (χ3v) is 3.20. The molecule has 2 rings (SSSR count). The highest BCUT2D eigenvalue weighted by molar-refractivity contribution is 6.32. The van der Waals surface area contributed by atoms with Crippen molar-refractivity contribution >= 4 is 17.9 Å². The summed E-state index contributed by atoms with van der Waals surface area (Å²) in [6, 6.07) is 7.33. The number of halogens is 1. The molecule has 0 fully saturated rings. The van der Waals surface area contributed by atoms with Crippen molar-refractivity contribution in [1.82, 2.24) is 9.78 Å². The quantitative estimate of drug-likeness (QED) is 0.791. The highest BCUT2D eigenvalue weighted by Crippen LogP contribution is 2.23. The molecule has 0 aliphatic carbocycles. The fraction of sp³-hybridized carbons (Fsp3) is 0.286. The maximum atomic E-state index is 10.7. The van der Waals surface area contributed by atoms with Crippen molar-refractivity contribution in [1.29, 1.82) is 0 Å². The molecule has 0 saturated carbocycles. The van der Waals surface area contributed by atoms with Crippen LogP contribution in [-0.2, 0) is 12.8 Å². The van der Waals surface area contributed by atoms with Gasteiger partial charge in [0.2, 0.25) is 0 Å². The SMILES string of the molecule is CCc1cc(CC)n(-c2ccc(C=O)cc2Cl)n1. The molecule has 18 heavy (non-hydrogen) atoms. The van der Waals surface area contributed by atoms with Crippen LogP contribution in [0.3, 0.4) is 0 Å². The topological polar surface area (TPSA) is 34.9 Å². The zero-order chi connectivity index (χ0) is 13.1. The predicted molar refractivity (Wildman–Crippen MR) is 72.7 cm³/mol. The second-order valence-corrected chi connectivity index (χ2v) is 4.48. The lowest BCUT2D eigenvalue weighted by Crippen LogP contribution is -2.02. The van der Waals surface area contributed by atoms with Crippen LogP contribution >= 0.6 is 11.6 Å². The first-order valence-corrected chi connectivity index (χ1v) is 6.40. The van der Waals surface area contributed by atoms with Gasteiger partial charge in [-0.05, 0) is 37.1 Å². The van der Waals surface area contributed by atoms with Crippen molar-refractivity contribution < 1.29 is 4.79 Å². The number of aromatic nitrogens is 2. The van der Waals surface area contributed by atoms with Crippen LogP contribution in [0, 0.1) is 0 Å². The summed E-state index contributed by atoms with van der Waals surface area (Å²) >= 11 is 6.20. The normalized spacial score (nSPS) is 10.6. The molecule has 0 N–H and O–H groups in total. The Morgan fingerprint density at radius 1 is 1.28 bits per heavy atom. The van der Waals surface area contributed by atoms with E-state index in [2.05, 4.69) is 25.0 Å². The van der Waals surface area contributed by atoms with Crippen molar-refractivity contribution in [2.45, 2.75) is 26.7 Å². The molecule has 0 spiro atoms. The Balaban J connectivity index is 2.53. The first kappa shape index (κ1) is 12.8. The molecule has 0 radical (unpaired) electrons. The van der Waals surface area contributed by atoms with Crippen LogP contribution in [-0.4, -0.2) is 16.1 Å². The van der Waals surface area contributed by atoms with Crippen LogP contribution in [0.2, 0.25) is 5.02 Å². The molecule has 3 nitrogen and oxygen atoms in total. The zero-order valence-electron chi connectivity index (χ0n) is 10.5. The number of hydrogen-bond donors (Lipinski definition) is 0. The van der Waals surface area contributed by atoms with E-state index in [0.29, 0.717) is 10.6 Å². The van der Waals surface area contributed by atoms with E-state index in [-0.39, 0.29) is 0 Å². The minimum absolute atomic E-state index is 0.542. The van der Waals surface area contributed by atoms with Crippen LogP contribution in [0.25, 0.3) is 5.69 Å². The average molecular weight is 263 g/mol. The third kappa shape index (κ3) is 2.31. The Labute approximate surface area is 111 Å². The maximum Gasteiger partial charge on any atom is 0.150 e.